The first-order chi connectivity index (χ1) is 8.81. The zero-order valence-electron chi connectivity index (χ0n) is 10.2. The van der Waals surface area contributed by atoms with Crippen LogP contribution in [-0.4, -0.2) is 16.9 Å². The lowest BCUT2D eigenvalue weighted by Gasteiger charge is -2.10. The maximum absolute atomic E-state index is 9.98. The fraction of sp³-hybridized carbons (Fsp3) is 0.308. The van der Waals surface area contributed by atoms with Crippen LogP contribution in [-0.2, 0) is 13.1 Å². The molecule has 2 N–H and O–H groups in total. The molecule has 1 heterocycles. The molecular formula is C13H16N2O3. The Balaban J connectivity index is 1.94. The molecule has 0 atom stereocenters. The third-order valence-electron chi connectivity index (χ3n) is 2.49. The molecule has 0 aliphatic heterocycles. The minimum atomic E-state index is 0.185. The zero-order chi connectivity index (χ0) is 12.8. The second kappa shape index (κ2) is 6.07. The normalized spacial score (nSPS) is 10.5. The van der Waals surface area contributed by atoms with Crippen LogP contribution in [0.4, 0.5) is 0 Å². The Morgan fingerprint density at radius 3 is 2.94 bits per heavy atom. The van der Waals surface area contributed by atoms with E-state index in [-0.39, 0.29) is 5.75 Å². The van der Waals surface area contributed by atoms with Gasteiger partial charge >= 0.3 is 0 Å². The molecule has 0 aliphatic rings. The first-order valence-electron chi connectivity index (χ1n) is 5.85. The molecule has 1 aromatic carbocycles. The summed E-state index contributed by atoms with van der Waals surface area (Å²) in [7, 11) is 0. The van der Waals surface area contributed by atoms with Gasteiger partial charge in [-0.05, 0) is 13.0 Å². The van der Waals surface area contributed by atoms with E-state index in [1.807, 2.05) is 19.1 Å². The van der Waals surface area contributed by atoms with Crippen molar-refractivity contribution in [3.63, 3.8) is 0 Å². The molecule has 0 bridgehead atoms. The highest BCUT2D eigenvalue weighted by Gasteiger charge is 2.07. The van der Waals surface area contributed by atoms with Crippen LogP contribution in [0, 0.1) is 0 Å². The van der Waals surface area contributed by atoms with Crippen molar-refractivity contribution in [3.05, 3.63) is 41.8 Å². The van der Waals surface area contributed by atoms with E-state index in [0.717, 1.165) is 11.3 Å². The molecule has 0 fully saturated rings. The van der Waals surface area contributed by atoms with Crippen LogP contribution in [0.3, 0.4) is 0 Å². The van der Waals surface area contributed by atoms with Crippen LogP contribution in [0.25, 0.3) is 0 Å². The van der Waals surface area contributed by atoms with E-state index in [9.17, 15) is 5.11 Å². The van der Waals surface area contributed by atoms with Gasteiger partial charge in [-0.25, -0.2) is 0 Å². The molecule has 96 valence electrons. The standard InChI is InChI=1S/C13H16N2O3/c1-2-17-12-5-3-4-10(13(12)16)8-14-9-11-6-7-15-18-11/h3-7,14,16H,2,8-9H2,1H3. The molecule has 0 unspecified atom stereocenters. The lowest BCUT2D eigenvalue weighted by Crippen LogP contribution is -2.12. The SMILES string of the molecule is CCOc1cccc(CNCc2ccno2)c1O. The molecule has 1 aromatic heterocycles. The van der Waals surface area contributed by atoms with Crippen molar-refractivity contribution in [3.8, 4) is 11.5 Å². The van der Waals surface area contributed by atoms with Gasteiger partial charge in [0.2, 0.25) is 0 Å². The van der Waals surface area contributed by atoms with Crippen LogP contribution in [0.15, 0.2) is 35.0 Å². The molecule has 0 spiro atoms. The molecule has 5 heteroatoms. The highest BCUT2D eigenvalue weighted by molar-refractivity contribution is 5.45. The number of phenolic OH excluding ortho intramolecular Hbond substituents is 1. The molecule has 5 nitrogen and oxygen atoms in total. The molecule has 0 saturated heterocycles. The van der Waals surface area contributed by atoms with Crippen LogP contribution >= 0.6 is 0 Å². The van der Waals surface area contributed by atoms with Gasteiger partial charge in [0.05, 0.1) is 19.3 Å². The van der Waals surface area contributed by atoms with Crippen molar-refractivity contribution in [2.45, 2.75) is 20.0 Å². The Kier molecular flexibility index (Phi) is 4.20. The Labute approximate surface area is 105 Å². The number of rotatable bonds is 6. The number of hydrogen-bond donors (Lipinski definition) is 2. The predicted octanol–water partition coefficient (Wildman–Crippen LogP) is 2.07. The summed E-state index contributed by atoms with van der Waals surface area (Å²) in [6.45, 7) is 3.52. The smallest absolute Gasteiger partial charge is 0.162 e. The van der Waals surface area contributed by atoms with Crippen molar-refractivity contribution in [2.24, 2.45) is 0 Å². The molecule has 2 rings (SSSR count). The largest absolute Gasteiger partial charge is 0.504 e. The first kappa shape index (κ1) is 12.4. The van der Waals surface area contributed by atoms with Crippen molar-refractivity contribution in [1.82, 2.24) is 10.5 Å². The number of aromatic hydroxyl groups is 1. The van der Waals surface area contributed by atoms with Gasteiger partial charge in [0, 0.05) is 18.2 Å². The van der Waals surface area contributed by atoms with Crippen LogP contribution in [0.1, 0.15) is 18.2 Å². The maximum Gasteiger partial charge on any atom is 0.162 e. The molecule has 2 aromatic rings. The first-order valence-corrected chi connectivity index (χ1v) is 5.85. The number of para-hydroxylation sites is 1. The number of hydrogen-bond acceptors (Lipinski definition) is 5. The summed E-state index contributed by atoms with van der Waals surface area (Å²) in [6.07, 6.45) is 1.60. The van der Waals surface area contributed by atoms with Crippen LogP contribution in [0.2, 0.25) is 0 Å². The summed E-state index contributed by atoms with van der Waals surface area (Å²) in [5.41, 5.74) is 0.792. The fourth-order valence-corrected chi connectivity index (χ4v) is 1.64. The minimum Gasteiger partial charge on any atom is -0.504 e. The maximum atomic E-state index is 9.98. The number of phenols is 1. The average Bonchev–Trinajstić information content (AvgIpc) is 2.87. The summed E-state index contributed by atoms with van der Waals surface area (Å²) < 4.78 is 10.3. The molecule has 0 aliphatic carbocycles. The second-order valence-electron chi connectivity index (χ2n) is 3.78. The molecule has 18 heavy (non-hydrogen) atoms. The van der Waals surface area contributed by atoms with Crippen molar-refractivity contribution >= 4 is 0 Å². The summed E-state index contributed by atoms with van der Waals surface area (Å²) in [5, 5.41) is 16.8. The van der Waals surface area contributed by atoms with E-state index in [1.165, 1.54) is 0 Å². The van der Waals surface area contributed by atoms with Gasteiger partial charge < -0.3 is 19.7 Å². The summed E-state index contributed by atoms with van der Waals surface area (Å²) in [6, 6.07) is 7.25. The number of benzene rings is 1. The molecule has 0 radical (unpaired) electrons. The van der Waals surface area contributed by atoms with E-state index in [2.05, 4.69) is 10.5 Å². The predicted molar refractivity (Wildman–Crippen MR) is 66.3 cm³/mol. The van der Waals surface area contributed by atoms with Gasteiger partial charge in [-0.2, -0.15) is 0 Å². The van der Waals surface area contributed by atoms with Crippen molar-refractivity contribution in [1.29, 1.82) is 0 Å². The third-order valence-corrected chi connectivity index (χ3v) is 2.49. The molecular weight excluding hydrogens is 232 g/mol. The van der Waals surface area contributed by atoms with Gasteiger partial charge in [0.1, 0.15) is 5.76 Å². The van der Waals surface area contributed by atoms with Crippen LogP contribution < -0.4 is 10.1 Å². The van der Waals surface area contributed by atoms with Gasteiger partial charge in [-0.1, -0.05) is 17.3 Å². The summed E-state index contributed by atoms with van der Waals surface area (Å²) in [4.78, 5) is 0. The summed E-state index contributed by atoms with van der Waals surface area (Å²) >= 11 is 0. The van der Waals surface area contributed by atoms with Gasteiger partial charge in [-0.3, -0.25) is 0 Å². The highest BCUT2D eigenvalue weighted by atomic mass is 16.5. The number of aromatic nitrogens is 1. The summed E-state index contributed by atoms with van der Waals surface area (Å²) in [5.74, 6) is 1.45. The van der Waals surface area contributed by atoms with Crippen molar-refractivity contribution in [2.75, 3.05) is 6.61 Å². The number of nitrogens with zero attached hydrogens (tertiary/aromatic N) is 1. The topological polar surface area (TPSA) is 67.5 Å². The van der Waals surface area contributed by atoms with Gasteiger partial charge in [0.25, 0.3) is 0 Å². The molecule has 0 amide bonds. The minimum absolute atomic E-state index is 0.185. The van der Waals surface area contributed by atoms with E-state index in [1.54, 1.807) is 18.3 Å². The zero-order valence-corrected chi connectivity index (χ0v) is 10.2. The Morgan fingerprint density at radius 1 is 1.33 bits per heavy atom. The van der Waals surface area contributed by atoms with E-state index < -0.39 is 0 Å². The van der Waals surface area contributed by atoms with Gasteiger partial charge in [-0.15, -0.1) is 0 Å². The number of ether oxygens (including phenoxy) is 1. The Hall–Kier alpha value is -2.01. The third kappa shape index (κ3) is 3.01. The average molecular weight is 248 g/mol. The lowest BCUT2D eigenvalue weighted by atomic mass is 10.2. The molecule has 0 saturated carbocycles. The number of nitrogens with one attached hydrogen (secondary N) is 1. The quantitative estimate of drug-likeness (QED) is 0.819. The lowest BCUT2D eigenvalue weighted by molar-refractivity contribution is 0.316. The second-order valence-corrected chi connectivity index (χ2v) is 3.78. The Bertz CT molecular complexity index is 483. The van der Waals surface area contributed by atoms with Gasteiger partial charge in [0.15, 0.2) is 11.5 Å². The van der Waals surface area contributed by atoms with E-state index in [4.69, 9.17) is 9.26 Å². The van der Waals surface area contributed by atoms with Crippen LogP contribution in [0.5, 0.6) is 11.5 Å². The monoisotopic (exact) mass is 248 g/mol. The Morgan fingerprint density at radius 2 is 2.22 bits per heavy atom. The van der Waals surface area contributed by atoms with Crippen molar-refractivity contribution < 1.29 is 14.4 Å². The highest BCUT2D eigenvalue weighted by Crippen LogP contribution is 2.29. The van der Waals surface area contributed by atoms with E-state index in [0.29, 0.717) is 25.4 Å². The fourth-order valence-electron chi connectivity index (χ4n) is 1.64. The van der Waals surface area contributed by atoms with E-state index >= 15 is 0 Å².